The van der Waals surface area contributed by atoms with Crippen molar-refractivity contribution in [3.8, 4) is 17.2 Å². The summed E-state index contributed by atoms with van der Waals surface area (Å²) in [5, 5.41) is 3.31. The fourth-order valence-electron chi connectivity index (χ4n) is 5.61. The first-order valence-corrected chi connectivity index (χ1v) is 12.0. The molecule has 188 valence electrons. The Kier molecular flexibility index (Phi) is 5.95. The molecule has 0 amide bonds. The van der Waals surface area contributed by atoms with E-state index in [9.17, 15) is 14.4 Å². The van der Waals surface area contributed by atoms with E-state index in [1.807, 2.05) is 30.3 Å². The van der Waals surface area contributed by atoms with Crippen molar-refractivity contribution in [3.05, 3.63) is 63.8 Å². The van der Waals surface area contributed by atoms with Crippen molar-refractivity contribution in [2.45, 2.75) is 37.3 Å². The summed E-state index contributed by atoms with van der Waals surface area (Å²) in [5.74, 6) is -1.77. The summed E-state index contributed by atoms with van der Waals surface area (Å²) < 4.78 is 22.0. The number of allylic oxidation sites excluding steroid dienone is 1. The number of nitrogens with one attached hydrogen (secondary N) is 1. The first kappa shape index (κ1) is 24.2. The number of hydrogen-bond acceptors (Lipinski definition) is 8. The molecule has 0 saturated heterocycles. The number of esters is 1. The van der Waals surface area contributed by atoms with Gasteiger partial charge in [0.1, 0.15) is 28.1 Å². The lowest BCUT2D eigenvalue weighted by molar-refractivity contribution is -0.144. The Hall–Kier alpha value is -3.52. The van der Waals surface area contributed by atoms with Crippen molar-refractivity contribution < 1.29 is 33.3 Å². The van der Waals surface area contributed by atoms with Crippen molar-refractivity contribution in [1.29, 1.82) is 0 Å². The van der Waals surface area contributed by atoms with Crippen LogP contribution in [0.25, 0.3) is 0 Å². The van der Waals surface area contributed by atoms with Gasteiger partial charge in [-0.1, -0.05) is 48.9 Å². The maximum absolute atomic E-state index is 14.4. The van der Waals surface area contributed by atoms with Gasteiger partial charge in [-0.3, -0.25) is 9.59 Å². The Morgan fingerprint density at radius 3 is 2.42 bits per heavy atom. The van der Waals surface area contributed by atoms with Crippen molar-refractivity contribution in [1.82, 2.24) is 5.32 Å². The molecule has 2 aromatic rings. The molecule has 9 heteroatoms. The lowest BCUT2D eigenvalue weighted by atomic mass is 9.65. The Morgan fingerprint density at radius 2 is 1.78 bits per heavy atom. The maximum atomic E-state index is 14.4. The molecule has 8 nitrogen and oxygen atoms in total. The van der Waals surface area contributed by atoms with E-state index in [-0.39, 0.29) is 27.8 Å². The van der Waals surface area contributed by atoms with Gasteiger partial charge in [-0.25, -0.2) is 4.79 Å². The second kappa shape index (κ2) is 8.85. The molecule has 2 aliphatic heterocycles. The Morgan fingerprint density at radius 1 is 1.08 bits per heavy atom. The number of fused-ring (bicyclic) bond motifs is 1. The molecule has 36 heavy (non-hydrogen) atoms. The standard InChI is InChI=1S/C27H26ClNO7/c1-13-10-16-20(15(14-8-6-5-7-9-14)11-17(29-16)26(32)35-4)24(30)27(13)25(31)21-18(33-2)12-19(34-3)22(28)23(21)36-27/h5-9,12-13,15,17,29H,10-11H2,1-4H3/t13-,15?,17?,27+/m1/s1. The van der Waals surface area contributed by atoms with Gasteiger partial charge in [0.15, 0.2) is 5.75 Å². The zero-order valence-electron chi connectivity index (χ0n) is 20.3. The number of halogens is 1. The average Bonchev–Trinajstić information content (AvgIpc) is 3.21. The molecule has 0 aromatic heterocycles. The van der Waals surface area contributed by atoms with Gasteiger partial charge in [-0.2, -0.15) is 0 Å². The van der Waals surface area contributed by atoms with Gasteiger partial charge in [0, 0.05) is 29.2 Å². The first-order valence-electron chi connectivity index (χ1n) is 11.6. The molecule has 2 unspecified atom stereocenters. The Labute approximate surface area is 213 Å². The number of rotatable bonds is 4. The molecule has 1 spiro atoms. The third-order valence-electron chi connectivity index (χ3n) is 7.39. The largest absolute Gasteiger partial charge is 0.496 e. The lowest BCUT2D eigenvalue weighted by Crippen LogP contribution is -2.59. The third-order valence-corrected chi connectivity index (χ3v) is 7.74. The summed E-state index contributed by atoms with van der Waals surface area (Å²) in [6.07, 6.45) is 0.611. The number of benzene rings is 2. The van der Waals surface area contributed by atoms with Gasteiger partial charge in [-0.05, 0) is 18.4 Å². The fourth-order valence-corrected chi connectivity index (χ4v) is 5.87. The number of carbonyl (C=O) groups excluding carboxylic acids is 3. The molecule has 0 saturated carbocycles. The predicted molar refractivity (Wildman–Crippen MR) is 131 cm³/mol. The van der Waals surface area contributed by atoms with Crippen LogP contribution in [0.3, 0.4) is 0 Å². The SMILES string of the molecule is COC(=O)C1CC(c2ccccc2)C2=C(C[C@@H](C)[C@]3(Oc4c(Cl)c(OC)cc(OC)c4C3=O)C2=O)N1. The lowest BCUT2D eigenvalue weighted by Gasteiger charge is -2.43. The third kappa shape index (κ3) is 3.31. The summed E-state index contributed by atoms with van der Waals surface area (Å²) in [6, 6.07) is 10.3. The van der Waals surface area contributed by atoms with Gasteiger partial charge in [0.2, 0.25) is 17.2 Å². The Balaban J connectivity index is 1.66. The van der Waals surface area contributed by atoms with Crippen LogP contribution in [-0.4, -0.2) is 50.5 Å². The summed E-state index contributed by atoms with van der Waals surface area (Å²) >= 11 is 6.53. The molecular weight excluding hydrogens is 486 g/mol. The normalized spacial score (nSPS) is 26.6. The second-order valence-corrected chi connectivity index (χ2v) is 9.59. The highest BCUT2D eigenvalue weighted by Gasteiger charge is 2.63. The molecule has 4 atom stereocenters. The summed E-state index contributed by atoms with van der Waals surface area (Å²) in [6.45, 7) is 1.78. The van der Waals surface area contributed by atoms with Crippen LogP contribution in [0, 0.1) is 5.92 Å². The maximum Gasteiger partial charge on any atom is 0.328 e. The topological polar surface area (TPSA) is 100 Å². The highest BCUT2D eigenvalue weighted by molar-refractivity contribution is 6.36. The molecule has 0 fully saturated rings. The monoisotopic (exact) mass is 511 g/mol. The van der Waals surface area contributed by atoms with E-state index in [4.69, 9.17) is 30.5 Å². The minimum absolute atomic E-state index is 0.0783. The molecule has 1 N–H and O–H groups in total. The van der Waals surface area contributed by atoms with Gasteiger partial charge >= 0.3 is 5.97 Å². The van der Waals surface area contributed by atoms with Crippen molar-refractivity contribution in [3.63, 3.8) is 0 Å². The number of carbonyl (C=O) groups is 3. The Bertz CT molecular complexity index is 1300. The van der Waals surface area contributed by atoms with Crippen LogP contribution in [0.5, 0.6) is 17.2 Å². The summed E-state index contributed by atoms with van der Waals surface area (Å²) in [5.41, 5.74) is 0.232. The van der Waals surface area contributed by atoms with E-state index in [1.165, 1.54) is 27.4 Å². The van der Waals surface area contributed by atoms with Gasteiger partial charge < -0.3 is 24.3 Å². The van der Waals surface area contributed by atoms with E-state index in [2.05, 4.69) is 5.32 Å². The highest BCUT2D eigenvalue weighted by Crippen LogP contribution is 2.55. The second-order valence-electron chi connectivity index (χ2n) is 9.21. The van der Waals surface area contributed by atoms with Crippen molar-refractivity contribution in [2.75, 3.05) is 21.3 Å². The first-order chi connectivity index (χ1) is 17.3. The number of hydrogen-bond donors (Lipinski definition) is 1. The number of Topliss-reactive ketones (excluding diaryl/α,β-unsaturated/α-hetero) is 2. The molecule has 5 rings (SSSR count). The number of ketones is 2. The summed E-state index contributed by atoms with van der Waals surface area (Å²) in [4.78, 5) is 40.9. The van der Waals surface area contributed by atoms with Gasteiger partial charge in [0.05, 0.1) is 21.3 Å². The van der Waals surface area contributed by atoms with E-state index in [1.54, 1.807) is 6.92 Å². The van der Waals surface area contributed by atoms with Crippen LogP contribution in [-0.2, 0) is 14.3 Å². The van der Waals surface area contributed by atoms with Crippen LogP contribution < -0.4 is 19.5 Å². The van der Waals surface area contributed by atoms with Gasteiger partial charge in [-0.15, -0.1) is 0 Å². The van der Waals surface area contributed by atoms with E-state index < -0.39 is 41.0 Å². The molecule has 2 heterocycles. The van der Waals surface area contributed by atoms with Gasteiger partial charge in [0.25, 0.3) is 0 Å². The minimum Gasteiger partial charge on any atom is -0.496 e. The zero-order valence-corrected chi connectivity index (χ0v) is 21.1. The van der Waals surface area contributed by atoms with Crippen molar-refractivity contribution in [2.24, 2.45) is 5.92 Å². The molecular formula is C27H26ClNO7. The molecule has 1 aliphatic carbocycles. The highest BCUT2D eigenvalue weighted by atomic mass is 35.5. The van der Waals surface area contributed by atoms with Crippen LogP contribution >= 0.6 is 11.6 Å². The number of ether oxygens (including phenoxy) is 4. The zero-order chi connectivity index (χ0) is 25.8. The molecule has 0 bridgehead atoms. The average molecular weight is 512 g/mol. The minimum atomic E-state index is -1.81. The van der Waals surface area contributed by atoms with Crippen molar-refractivity contribution >= 4 is 29.1 Å². The smallest absolute Gasteiger partial charge is 0.328 e. The molecule has 2 aromatic carbocycles. The van der Waals surface area contributed by atoms with E-state index in [0.717, 1.165) is 5.56 Å². The van der Waals surface area contributed by atoms with Crippen LogP contribution in [0.4, 0.5) is 0 Å². The molecule has 0 radical (unpaired) electrons. The van der Waals surface area contributed by atoms with Crippen LogP contribution in [0.15, 0.2) is 47.7 Å². The predicted octanol–water partition coefficient (Wildman–Crippen LogP) is 3.85. The molecule has 3 aliphatic rings. The van der Waals surface area contributed by atoms with Crippen LogP contribution in [0.2, 0.25) is 5.02 Å². The fraction of sp³-hybridized carbons (Fsp3) is 0.370. The van der Waals surface area contributed by atoms with E-state index >= 15 is 0 Å². The number of methoxy groups -OCH3 is 3. The summed E-state index contributed by atoms with van der Waals surface area (Å²) in [7, 11) is 4.21. The van der Waals surface area contributed by atoms with E-state index in [0.29, 0.717) is 24.1 Å². The van der Waals surface area contributed by atoms with Crippen LogP contribution in [0.1, 0.15) is 41.6 Å². The quantitative estimate of drug-likeness (QED) is 0.488.